The van der Waals surface area contributed by atoms with E-state index in [2.05, 4.69) is 9.73 Å². The Hall–Kier alpha value is -1.12. The van der Waals surface area contributed by atoms with Crippen LogP contribution in [-0.4, -0.2) is 24.8 Å². The van der Waals surface area contributed by atoms with Crippen LogP contribution in [0, 0.1) is 0 Å². The van der Waals surface area contributed by atoms with Gasteiger partial charge in [-0.2, -0.15) is 0 Å². The molecule has 0 aromatic rings. The SMILES string of the molecule is COC(=O)[C@@H]1C=C(C)C(C)=N1. The average molecular weight is 153 g/mol. The molecule has 0 aromatic carbocycles. The summed E-state index contributed by atoms with van der Waals surface area (Å²) in [5.41, 5.74) is 1.97. The molecule has 1 heterocycles. The molecule has 11 heavy (non-hydrogen) atoms. The minimum absolute atomic E-state index is 0.291. The van der Waals surface area contributed by atoms with E-state index in [9.17, 15) is 4.79 Å². The Labute approximate surface area is 65.8 Å². The average Bonchev–Trinajstić information content (AvgIpc) is 2.31. The zero-order valence-electron chi connectivity index (χ0n) is 6.92. The van der Waals surface area contributed by atoms with E-state index in [4.69, 9.17) is 0 Å². The van der Waals surface area contributed by atoms with E-state index in [0.717, 1.165) is 11.3 Å². The van der Waals surface area contributed by atoms with Crippen molar-refractivity contribution in [2.45, 2.75) is 19.9 Å². The Bertz CT molecular complexity index is 222. The highest BCUT2D eigenvalue weighted by atomic mass is 16.5. The van der Waals surface area contributed by atoms with Crippen molar-refractivity contribution in [2.75, 3.05) is 7.11 Å². The summed E-state index contributed by atoms with van der Waals surface area (Å²) in [4.78, 5) is 15.0. The number of carbonyl (C=O) groups excluding carboxylic acids is 1. The summed E-state index contributed by atoms with van der Waals surface area (Å²) >= 11 is 0. The number of nitrogens with zero attached hydrogens (tertiary/aromatic N) is 1. The maximum Gasteiger partial charge on any atom is 0.334 e. The van der Waals surface area contributed by atoms with Gasteiger partial charge in [-0.1, -0.05) is 0 Å². The van der Waals surface area contributed by atoms with Gasteiger partial charge >= 0.3 is 5.97 Å². The number of esters is 1. The van der Waals surface area contributed by atoms with E-state index >= 15 is 0 Å². The summed E-state index contributed by atoms with van der Waals surface area (Å²) < 4.78 is 4.54. The third kappa shape index (κ3) is 1.48. The van der Waals surface area contributed by atoms with Crippen LogP contribution in [0.15, 0.2) is 16.6 Å². The van der Waals surface area contributed by atoms with Gasteiger partial charge in [-0.15, -0.1) is 0 Å². The second-order valence-electron chi connectivity index (χ2n) is 2.53. The van der Waals surface area contributed by atoms with Crippen molar-refractivity contribution in [3.05, 3.63) is 11.6 Å². The van der Waals surface area contributed by atoms with Gasteiger partial charge in [0, 0.05) is 5.71 Å². The normalized spacial score (nSPS) is 22.6. The molecule has 0 aliphatic carbocycles. The quantitative estimate of drug-likeness (QED) is 0.526. The van der Waals surface area contributed by atoms with Gasteiger partial charge in [0.05, 0.1) is 7.11 Å². The van der Waals surface area contributed by atoms with Crippen LogP contribution in [0.1, 0.15) is 13.8 Å². The van der Waals surface area contributed by atoms with Crippen molar-refractivity contribution in [3.63, 3.8) is 0 Å². The predicted octanol–water partition coefficient (Wildman–Crippen LogP) is 0.949. The van der Waals surface area contributed by atoms with Crippen LogP contribution in [0.25, 0.3) is 0 Å². The maximum absolute atomic E-state index is 10.9. The first-order chi connectivity index (χ1) is 5.15. The molecule has 0 aromatic heterocycles. The minimum atomic E-state index is -0.403. The first-order valence-corrected chi connectivity index (χ1v) is 3.46. The van der Waals surface area contributed by atoms with Crippen molar-refractivity contribution < 1.29 is 9.53 Å². The zero-order chi connectivity index (χ0) is 8.43. The first-order valence-electron chi connectivity index (χ1n) is 3.46. The molecule has 0 N–H and O–H groups in total. The molecule has 0 radical (unpaired) electrons. The van der Waals surface area contributed by atoms with Crippen molar-refractivity contribution in [3.8, 4) is 0 Å². The number of methoxy groups -OCH3 is 1. The van der Waals surface area contributed by atoms with Gasteiger partial charge in [0.15, 0.2) is 6.04 Å². The summed E-state index contributed by atoms with van der Waals surface area (Å²) in [6.07, 6.45) is 1.81. The van der Waals surface area contributed by atoms with Gasteiger partial charge in [-0.05, 0) is 25.5 Å². The van der Waals surface area contributed by atoms with E-state index in [0.29, 0.717) is 0 Å². The Morgan fingerprint density at radius 2 is 2.27 bits per heavy atom. The molecule has 1 atom stereocenters. The lowest BCUT2D eigenvalue weighted by Crippen LogP contribution is -2.15. The lowest BCUT2D eigenvalue weighted by Gasteiger charge is -1.99. The van der Waals surface area contributed by atoms with Gasteiger partial charge in [-0.25, -0.2) is 4.79 Å². The molecule has 60 valence electrons. The lowest BCUT2D eigenvalue weighted by molar-refractivity contribution is -0.140. The van der Waals surface area contributed by atoms with Crippen LogP contribution in [0.2, 0.25) is 0 Å². The smallest absolute Gasteiger partial charge is 0.334 e. The van der Waals surface area contributed by atoms with E-state index in [1.54, 1.807) is 6.08 Å². The van der Waals surface area contributed by atoms with Crippen LogP contribution in [0.4, 0.5) is 0 Å². The van der Waals surface area contributed by atoms with E-state index in [1.807, 2.05) is 13.8 Å². The third-order valence-corrected chi connectivity index (χ3v) is 1.75. The highest BCUT2D eigenvalue weighted by Crippen LogP contribution is 2.12. The Kier molecular flexibility index (Phi) is 2.08. The molecular weight excluding hydrogens is 142 g/mol. The molecule has 3 heteroatoms. The number of hydrogen-bond acceptors (Lipinski definition) is 3. The molecular formula is C8H11NO2. The Morgan fingerprint density at radius 1 is 1.64 bits per heavy atom. The summed E-state index contributed by atoms with van der Waals surface area (Å²) in [5.74, 6) is -0.291. The maximum atomic E-state index is 10.9. The number of rotatable bonds is 1. The summed E-state index contributed by atoms with van der Waals surface area (Å²) in [6, 6.07) is -0.403. The van der Waals surface area contributed by atoms with Gasteiger partial charge in [-0.3, -0.25) is 4.99 Å². The topological polar surface area (TPSA) is 38.7 Å². The second-order valence-corrected chi connectivity index (χ2v) is 2.53. The molecule has 1 aliphatic rings. The summed E-state index contributed by atoms with van der Waals surface area (Å²) in [5, 5.41) is 0. The predicted molar refractivity (Wildman–Crippen MR) is 42.7 cm³/mol. The molecule has 0 spiro atoms. The van der Waals surface area contributed by atoms with Gasteiger partial charge in [0.2, 0.25) is 0 Å². The van der Waals surface area contributed by atoms with E-state index in [-0.39, 0.29) is 5.97 Å². The molecule has 0 amide bonds. The number of allylic oxidation sites excluding steroid dienone is 1. The monoisotopic (exact) mass is 153 g/mol. The van der Waals surface area contributed by atoms with E-state index in [1.165, 1.54) is 7.11 Å². The molecule has 0 saturated heterocycles. The molecule has 0 fully saturated rings. The number of carbonyl (C=O) groups is 1. The van der Waals surface area contributed by atoms with Crippen LogP contribution >= 0.6 is 0 Å². The fourth-order valence-electron chi connectivity index (χ4n) is 0.947. The van der Waals surface area contributed by atoms with Crippen molar-refractivity contribution in [2.24, 2.45) is 4.99 Å². The molecule has 0 unspecified atom stereocenters. The minimum Gasteiger partial charge on any atom is -0.467 e. The Morgan fingerprint density at radius 3 is 2.64 bits per heavy atom. The molecule has 3 nitrogen and oxygen atoms in total. The Balaban J connectivity index is 2.75. The van der Waals surface area contributed by atoms with E-state index < -0.39 is 6.04 Å². The second kappa shape index (κ2) is 2.86. The molecule has 0 saturated carbocycles. The highest BCUT2D eigenvalue weighted by Gasteiger charge is 2.20. The third-order valence-electron chi connectivity index (χ3n) is 1.75. The number of ether oxygens (including phenoxy) is 1. The van der Waals surface area contributed by atoms with Gasteiger partial charge in [0.25, 0.3) is 0 Å². The largest absolute Gasteiger partial charge is 0.467 e. The fourth-order valence-corrected chi connectivity index (χ4v) is 0.947. The van der Waals surface area contributed by atoms with Crippen LogP contribution in [-0.2, 0) is 9.53 Å². The van der Waals surface area contributed by atoms with Crippen LogP contribution < -0.4 is 0 Å². The fraction of sp³-hybridized carbons (Fsp3) is 0.500. The van der Waals surface area contributed by atoms with Crippen molar-refractivity contribution >= 4 is 11.7 Å². The number of hydrogen-bond donors (Lipinski definition) is 0. The lowest BCUT2D eigenvalue weighted by atomic mass is 10.2. The van der Waals surface area contributed by atoms with Crippen molar-refractivity contribution in [1.82, 2.24) is 0 Å². The van der Waals surface area contributed by atoms with Crippen LogP contribution in [0.5, 0.6) is 0 Å². The van der Waals surface area contributed by atoms with Gasteiger partial charge < -0.3 is 4.74 Å². The molecule has 1 rings (SSSR count). The summed E-state index contributed by atoms with van der Waals surface area (Å²) in [7, 11) is 1.37. The summed E-state index contributed by atoms with van der Waals surface area (Å²) in [6.45, 7) is 3.82. The standard InChI is InChI=1S/C8H11NO2/c1-5-4-7(8(10)11-3)9-6(5)2/h4,7H,1-3H3/t7-/m0/s1. The first kappa shape index (κ1) is 7.98. The molecule has 1 aliphatic heterocycles. The number of aliphatic imine (C=N–C) groups is 1. The molecule has 0 bridgehead atoms. The van der Waals surface area contributed by atoms with Crippen LogP contribution in [0.3, 0.4) is 0 Å². The van der Waals surface area contributed by atoms with Crippen molar-refractivity contribution in [1.29, 1.82) is 0 Å². The highest BCUT2D eigenvalue weighted by molar-refractivity contribution is 6.02. The van der Waals surface area contributed by atoms with Gasteiger partial charge in [0.1, 0.15) is 0 Å². The zero-order valence-corrected chi connectivity index (χ0v) is 6.92.